The summed E-state index contributed by atoms with van der Waals surface area (Å²) >= 11 is 0. The van der Waals surface area contributed by atoms with Crippen LogP contribution in [0.3, 0.4) is 0 Å². The molecule has 1 aromatic heterocycles. The molecule has 1 rings (SSSR count). The number of halogens is 1. The minimum absolute atomic E-state index is 0.178. The van der Waals surface area contributed by atoms with Crippen LogP contribution in [-0.4, -0.2) is 23.0 Å². The maximum atomic E-state index is 12.7. The molecule has 0 aliphatic carbocycles. The smallest absolute Gasteiger partial charge is 0.137 e. The summed E-state index contributed by atoms with van der Waals surface area (Å²) in [4.78, 5) is 0. The van der Waals surface area contributed by atoms with E-state index in [2.05, 4.69) is 5.16 Å². The van der Waals surface area contributed by atoms with E-state index in [0.717, 1.165) is 5.56 Å². The van der Waals surface area contributed by atoms with Crippen LogP contribution in [0.2, 0.25) is 0 Å². The average molecular weight is 173 g/mol. The van der Waals surface area contributed by atoms with E-state index in [1.807, 2.05) is 0 Å². The van der Waals surface area contributed by atoms with Gasteiger partial charge in [0.1, 0.15) is 11.9 Å². The van der Waals surface area contributed by atoms with Crippen LogP contribution in [0, 0.1) is 13.8 Å². The molecular weight excluding hydrogens is 161 g/mol. The van der Waals surface area contributed by atoms with Crippen LogP contribution in [0.15, 0.2) is 4.52 Å². The van der Waals surface area contributed by atoms with Crippen molar-refractivity contribution in [2.24, 2.45) is 0 Å². The summed E-state index contributed by atoms with van der Waals surface area (Å²) in [6.07, 6.45) is -1.04. The van der Waals surface area contributed by atoms with Crippen LogP contribution in [0.4, 0.5) is 4.39 Å². The Morgan fingerprint density at radius 2 is 2.25 bits per heavy atom. The van der Waals surface area contributed by atoms with Crippen LogP contribution in [0.1, 0.15) is 17.0 Å². The highest BCUT2D eigenvalue weighted by Crippen LogP contribution is 2.15. The molecule has 68 valence electrons. The molecule has 3 nitrogen and oxygen atoms in total. The van der Waals surface area contributed by atoms with Gasteiger partial charge in [0.15, 0.2) is 0 Å². The van der Waals surface area contributed by atoms with Crippen molar-refractivity contribution in [2.75, 3.05) is 6.61 Å². The lowest BCUT2D eigenvalue weighted by Crippen LogP contribution is -2.10. The Morgan fingerprint density at radius 3 is 2.67 bits per heavy atom. The fourth-order valence-electron chi connectivity index (χ4n) is 1.08. The summed E-state index contributed by atoms with van der Waals surface area (Å²) in [6.45, 7) is 3.04. The number of nitrogens with zero attached hydrogens (tertiary/aromatic N) is 1. The van der Waals surface area contributed by atoms with Crippen LogP contribution in [0.25, 0.3) is 0 Å². The number of rotatable bonds is 3. The monoisotopic (exact) mass is 173 g/mol. The summed E-state index contributed by atoms with van der Waals surface area (Å²) in [7, 11) is 0. The van der Waals surface area contributed by atoms with Crippen molar-refractivity contribution in [3.63, 3.8) is 0 Å². The zero-order valence-electron chi connectivity index (χ0n) is 7.17. The summed E-state index contributed by atoms with van der Waals surface area (Å²) in [5.41, 5.74) is 1.46. The molecular formula is C8H12FNO2. The van der Waals surface area contributed by atoms with Gasteiger partial charge in [-0.05, 0) is 13.8 Å². The Kier molecular flexibility index (Phi) is 2.81. The van der Waals surface area contributed by atoms with Crippen LogP contribution in [-0.2, 0) is 6.42 Å². The second kappa shape index (κ2) is 3.67. The lowest BCUT2D eigenvalue weighted by molar-refractivity contribution is 0.177. The largest absolute Gasteiger partial charge is 0.393 e. The molecule has 0 fully saturated rings. The number of hydrogen-bond donors (Lipinski definition) is 1. The van der Waals surface area contributed by atoms with Gasteiger partial charge < -0.3 is 9.63 Å². The van der Waals surface area contributed by atoms with E-state index in [4.69, 9.17) is 9.63 Å². The molecule has 1 aromatic rings. The molecule has 0 saturated carbocycles. The van der Waals surface area contributed by atoms with Crippen molar-refractivity contribution >= 4 is 0 Å². The molecule has 0 aromatic carbocycles. The van der Waals surface area contributed by atoms with E-state index < -0.39 is 12.8 Å². The first-order valence-corrected chi connectivity index (χ1v) is 3.81. The van der Waals surface area contributed by atoms with E-state index in [0.29, 0.717) is 11.5 Å². The highest BCUT2D eigenvalue weighted by atomic mass is 19.1. The molecule has 0 aliphatic heterocycles. The predicted molar refractivity (Wildman–Crippen MR) is 41.7 cm³/mol. The first-order valence-electron chi connectivity index (χ1n) is 3.81. The van der Waals surface area contributed by atoms with Gasteiger partial charge in [-0.2, -0.15) is 0 Å². The molecule has 1 N–H and O–H groups in total. The third-order valence-electron chi connectivity index (χ3n) is 1.80. The van der Waals surface area contributed by atoms with Gasteiger partial charge in [0.2, 0.25) is 0 Å². The Labute approximate surface area is 70.2 Å². The Hall–Kier alpha value is -0.900. The van der Waals surface area contributed by atoms with Crippen LogP contribution < -0.4 is 0 Å². The fourth-order valence-corrected chi connectivity index (χ4v) is 1.08. The molecule has 1 atom stereocenters. The van der Waals surface area contributed by atoms with Gasteiger partial charge in [0.05, 0.1) is 12.3 Å². The van der Waals surface area contributed by atoms with Crippen molar-refractivity contribution < 1.29 is 14.0 Å². The van der Waals surface area contributed by atoms with Gasteiger partial charge in [0, 0.05) is 12.0 Å². The minimum atomic E-state index is -1.22. The zero-order chi connectivity index (χ0) is 9.14. The lowest BCUT2D eigenvalue weighted by Gasteiger charge is -2.02. The molecule has 0 unspecified atom stereocenters. The molecule has 0 spiro atoms. The molecule has 0 radical (unpaired) electrons. The van der Waals surface area contributed by atoms with Crippen molar-refractivity contribution in [2.45, 2.75) is 26.4 Å². The maximum Gasteiger partial charge on any atom is 0.137 e. The molecule has 1 heterocycles. The molecule has 4 heteroatoms. The maximum absolute atomic E-state index is 12.7. The average Bonchev–Trinajstić information content (AvgIpc) is 2.35. The van der Waals surface area contributed by atoms with E-state index in [1.165, 1.54) is 0 Å². The number of aliphatic hydroxyl groups excluding tert-OH is 1. The number of alkyl halides is 1. The summed E-state index contributed by atoms with van der Waals surface area (Å²) in [6, 6.07) is 0. The number of aliphatic hydroxyl groups is 1. The van der Waals surface area contributed by atoms with E-state index in [1.54, 1.807) is 13.8 Å². The fraction of sp³-hybridized carbons (Fsp3) is 0.625. The first kappa shape index (κ1) is 9.19. The van der Waals surface area contributed by atoms with Gasteiger partial charge in [-0.25, -0.2) is 4.39 Å². The van der Waals surface area contributed by atoms with E-state index in [-0.39, 0.29) is 6.42 Å². The predicted octanol–water partition coefficient (Wildman–Crippen LogP) is 1.16. The number of hydrogen-bond acceptors (Lipinski definition) is 3. The van der Waals surface area contributed by atoms with Gasteiger partial charge in [-0.1, -0.05) is 5.16 Å². The molecule has 12 heavy (non-hydrogen) atoms. The topological polar surface area (TPSA) is 46.3 Å². The van der Waals surface area contributed by atoms with Crippen molar-refractivity contribution in [3.05, 3.63) is 17.0 Å². The second-order valence-corrected chi connectivity index (χ2v) is 2.79. The van der Waals surface area contributed by atoms with Crippen molar-refractivity contribution in [3.8, 4) is 0 Å². The first-order chi connectivity index (χ1) is 5.65. The highest BCUT2D eigenvalue weighted by Gasteiger charge is 2.14. The molecule has 0 aliphatic rings. The normalized spacial score (nSPS) is 13.3. The van der Waals surface area contributed by atoms with Crippen LogP contribution >= 0.6 is 0 Å². The summed E-state index contributed by atoms with van der Waals surface area (Å²) < 4.78 is 17.6. The van der Waals surface area contributed by atoms with Gasteiger partial charge >= 0.3 is 0 Å². The second-order valence-electron chi connectivity index (χ2n) is 2.79. The molecule has 0 saturated heterocycles. The third-order valence-corrected chi connectivity index (χ3v) is 1.80. The number of aromatic nitrogens is 1. The van der Waals surface area contributed by atoms with Gasteiger partial charge in [0.25, 0.3) is 0 Å². The number of aryl methyl sites for hydroxylation is 2. The SMILES string of the molecule is Cc1noc(C)c1C[C@@H](F)CO. The van der Waals surface area contributed by atoms with Crippen molar-refractivity contribution in [1.82, 2.24) is 5.16 Å². The highest BCUT2D eigenvalue weighted by molar-refractivity contribution is 5.21. The van der Waals surface area contributed by atoms with Crippen LogP contribution in [0.5, 0.6) is 0 Å². The minimum Gasteiger partial charge on any atom is -0.393 e. The molecule has 0 bridgehead atoms. The Balaban J connectivity index is 2.73. The third kappa shape index (κ3) is 1.82. The Morgan fingerprint density at radius 1 is 1.58 bits per heavy atom. The quantitative estimate of drug-likeness (QED) is 0.746. The lowest BCUT2D eigenvalue weighted by atomic mass is 10.1. The standard InChI is InChI=1S/C8H12FNO2/c1-5-8(3-7(9)4-11)6(2)12-10-5/h7,11H,3-4H2,1-2H3/t7-/m1/s1. The van der Waals surface area contributed by atoms with Gasteiger partial charge in [-0.3, -0.25) is 0 Å². The van der Waals surface area contributed by atoms with E-state index in [9.17, 15) is 4.39 Å². The van der Waals surface area contributed by atoms with Crippen molar-refractivity contribution in [1.29, 1.82) is 0 Å². The summed E-state index contributed by atoms with van der Waals surface area (Å²) in [5.74, 6) is 0.628. The van der Waals surface area contributed by atoms with E-state index >= 15 is 0 Å². The Bertz CT molecular complexity index is 240. The zero-order valence-corrected chi connectivity index (χ0v) is 7.17. The van der Waals surface area contributed by atoms with Gasteiger partial charge in [-0.15, -0.1) is 0 Å². The summed E-state index contributed by atoms with van der Waals surface area (Å²) in [5, 5.41) is 12.2. The molecule has 0 amide bonds.